The molecule has 42 heavy (non-hydrogen) atoms. The zero-order valence-electron chi connectivity index (χ0n) is 25.1. The van der Waals surface area contributed by atoms with E-state index in [1.54, 1.807) is 6.92 Å². The van der Waals surface area contributed by atoms with E-state index in [0.717, 1.165) is 37.6 Å². The molecule has 2 unspecified atom stereocenters. The van der Waals surface area contributed by atoms with E-state index in [-0.39, 0.29) is 41.8 Å². The summed E-state index contributed by atoms with van der Waals surface area (Å²) in [5.74, 6) is 0.709. The van der Waals surface area contributed by atoms with E-state index in [1.807, 2.05) is 7.05 Å². The minimum absolute atomic E-state index is 0.00616. The van der Waals surface area contributed by atoms with Crippen LogP contribution in [0.4, 0.5) is 4.79 Å². The van der Waals surface area contributed by atoms with Crippen LogP contribution in [0.2, 0.25) is 0 Å². The molecule has 2 aliphatic rings. The fourth-order valence-electron chi connectivity index (χ4n) is 4.07. The molecular formula is C24H44N2O12P2S2. The number of likely N-dealkylation sites (tertiary alicyclic amines) is 2. The quantitative estimate of drug-likeness (QED) is 0.127. The van der Waals surface area contributed by atoms with Crippen LogP contribution in [0.5, 0.6) is 0 Å². The third kappa shape index (κ3) is 12.3. The van der Waals surface area contributed by atoms with Gasteiger partial charge in [0.15, 0.2) is 0 Å². The first-order chi connectivity index (χ1) is 19.8. The van der Waals surface area contributed by atoms with Crippen molar-refractivity contribution >= 4 is 55.5 Å². The molecule has 14 nitrogen and oxygen atoms in total. The summed E-state index contributed by atoms with van der Waals surface area (Å²) in [4.78, 5) is 39.9. The Kier molecular flexibility index (Phi) is 18.3. The zero-order valence-corrected chi connectivity index (χ0v) is 28.6. The molecule has 2 aliphatic heterocycles. The summed E-state index contributed by atoms with van der Waals surface area (Å²) in [7, 11) is -0.0465. The molecule has 0 aromatic carbocycles. The minimum Gasteiger partial charge on any atom is -0.445 e. The van der Waals surface area contributed by atoms with Gasteiger partial charge in [-0.2, -0.15) is 0 Å². The van der Waals surface area contributed by atoms with E-state index in [9.17, 15) is 23.5 Å². The summed E-state index contributed by atoms with van der Waals surface area (Å²) >= 11 is 2.21. The van der Waals surface area contributed by atoms with Gasteiger partial charge in [0, 0.05) is 46.5 Å². The second kappa shape index (κ2) is 19.6. The lowest BCUT2D eigenvalue weighted by atomic mass is 10.0. The monoisotopic (exact) mass is 678 g/mol. The lowest BCUT2D eigenvalue weighted by molar-refractivity contribution is -0.119. The Bertz CT molecular complexity index is 975. The van der Waals surface area contributed by atoms with E-state index in [1.165, 1.54) is 51.2 Å². The summed E-state index contributed by atoms with van der Waals surface area (Å²) in [6.07, 6.45) is 4.22. The van der Waals surface area contributed by atoms with Crippen molar-refractivity contribution in [2.45, 2.75) is 44.2 Å². The average molecular weight is 679 g/mol. The van der Waals surface area contributed by atoms with Crippen LogP contribution in [0.25, 0.3) is 0 Å². The summed E-state index contributed by atoms with van der Waals surface area (Å²) in [5.41, 5.74) is -0.921. The molecule has 2 heterocycles. The van der Waals surface area contributed by atoms with Crippen molar-refractivity contribution in [2.24, 2.45) is 0 Å². The van der Waals surface area contributed by atoms with Crippen LogP contribution >= 0.6 is 39.2 Å². The highest BCUT2D eigenvalue weighted by molar-refractivity contribution is 8.14. The molecule has 18 heteroatoms. The number of phosphoric ester groups is 2. The second-order valence-electron chi connectivity index (χ2n) is 9.13. The van der Waals surface area contributed by atoms with Crippen molar-refractivity contribution in [1.29, 1.82) is 0 Å². The predicted molar refractivity (Wildman–Crippen MR) is 162 cm³/mol. The van der Waals surface area contributed by atoms with E-state index >= 15 is 0 Å². The standard InChI is InChI=1S/C14H24NO7PS.C10H20NO5PS/c1-5-9-21-13(17)15-8-6-7-14(15,2)12(16)24-11-10-22-23(18,19-3)20-4;1-11-6-4-5-9(11)10(12)18-8-7-16-17(13,14-2)15-3/h5H,1,6-11H2,2-4H3;9H,4-8H2,1-3H3. The van der Waals surface area contributed by atoms with Crippen LogP contribution in [0.1, 0.15) is 32.6 Å². The molecule has 0 N–H and O–H groups in total. The molecule has 0 bridgehead atoms. The van der Waals surface area contributed by atoms with Crippen molar-refractivity contribution in [3.8, 4) is 0 Å². The van der Waals surface area contributed by atoms with Gasteiger partial charge in [0.05, 0.1) is 19.3 Å². The van der Waals surface area contributed by atoms with Crippen molar-refractivity contribution in [3.05, 3.63) is 12.7 Å². The maximum atomic E-state index is 12.5. The maximum Gasteiger partial charge on any atom is 0.474 e. The maximum absolute atomic E-state index is 12.5. The van der Waals surface area contributed by atoms with Gasteiger partial charge in [-0.15, -0.1) is 0 Å². The van der Waals surface area contributed by atoms with E-state index in [4.69, 9.17) is 13.8 Å². The molecular weight excluding hydrogens is 634 g/mol. The van der Waals surface area contributed by atoms with Crippen LogP contribution in [-0.4, -0.2) is 118 Å². The molecule has 0 aromatic rings. The van der Waals surface area contributed by atoms with Crippen molar-refractivity contribution in [3.63, 3.8) is 0 Å². The molecule has 2 fully saturated rings. The van der Waals surface area contributed by atoms with Gasteiger partial charge in [-0.3, -0.25) is 46.5 Å². The highest BCUT2D eigenvalue weighted by Crippen LogP contribution is 2.48. The number of rotatable bonds is 16. The Morgan fingerprint density at radius 3 is 1.95 bits per heavy atom. The lowest BCUT2D eigenvalue weighted by Gasteiger charge is -2.32. The molecule has 2 saturated heterocycles. The largest absolute Gasteiger partial charge is 0.474 e. The summed E-state index contributed by atoms with van der Waals surface area (Å²) in [6, 6.07) is 0.00616. The molecule has 0 saturated carbocycles. The fraction of sp³-hybridized carbons (Fsp3) is 0.792. The SMILES string of the molecule is C=CCOC(=O)N1CCCC1(C)C(=O)SCCOP(=O)(OC)OC.COP(=O)(OC)OCCSC(=O)C1CCCN1C. The van der Waals surface area contributed by atoms with Crippen LogP contribution in [0, 0.1) is 0 Å². The van der Waals surface area contributed by atoms with Gasteiger partial charge in [-0.1, -0.05) is 36.2 Å². The van der Waals surface area contributed by atoms with Gasteiger partial charge in [-0.05, 0) is 46.2 Å². The number of ether oxygens (including phenoxy) is 1. The van der Waals surface area contributed by atoms with Gasteiger partial charge < -0.3 is 4.74 Å². The molecule has 0 radical (unpaired) electrons. The van der Waals surface area contributed by atoms with Gasteiger partial charge in [0.1, 0.15) is 12.1 Å². The highest BCUT2D eigenvalue weighted by Gasteiger charge is 2.46. The third-order valence-corrected chi connectivity index (χ3v) is 11.2. The Morgan fingerprint density at radius 2 is 1.48 bits per heavy atom. The number of hydrogen-bond acceptors (Lipinski definition) is 15. The number of hydrogen-bond donors (Lipinski definition) is 0. The Hall–Kier alpha value is -0.770. The molecule has 0 spiro atoms. The molecule has 0 aromatic heterocycles. The van der Waals surface area contributed by atoms with Crippen LogP contribution < -0.4 is 0 Å². The van der Waals surface area contributed by atoms with E-state index in [2.05, 4.69) is 29.6 Å². The molecule has 2 rings (SSSR count). The third-order valence-electron chi connectivity index (χ3n) is 6.46. The summed E-state index contributed by atoms with van der Waals surface area (Å²) in [6.45, 7) is 6.93. The Labute approximate surface area is 257 Å². The molecule has 2 atom stereocenters. The van der Waals surface area contributed by atoms with Gasteiger partial charge in [0.2, 0.25) is 10.2 Å². The first-order valence-electron chi connectivity index (χ1n) is 13.2. The highest BCUT2D eigenvalue weighted by atomic mass is 32.2. The van der Waals surface area contributed by atoms with Crippen molar-refractivity contribution < 1.29 is 55.4 Å². The molecule has 244 valence electrons. The Balaban J connectivity index is 0.000000437. The van der Waals surface area contributed by atoms with Crippen molar-refractivity contribution in [2.75, 3.05) is 79.9 Å². The van der Waals surface area contributed by atoms with Crippen LogP contribution in [-0.2, 0) is 50.6 Å². The predicted octanol–water partition coefficient (Wildman–Crippen LogP) is 4.60. The average Bonchev–Trinajstić information content (AvgIpc) is 3.62. The minimum atomic E-state index is -3.54. The Morgan fingerprint density at radius 1 is 0.929 bits per heavy atom. The normalized spacial score (nSPS) is 21.1. The van der Waals surface area contributed by atoms with Crippen LogP contribution in [0.3, 0.4) is 0 Å². The number of nitrogens with zero attached hydrogens (tertiary/aromatic N) is 2. The smallest absolute Gasteiger partial charge is 0.445 e. The van der Waals surface area contributed by atoms with Crippen molar-refractivity contribution in [1.82, 2.24) is 9.80 Å². The number of amides is 1. The number of phosphoric acid groups is 2. The number of carbonyl (C=O) groups excluding carboxylic acids is 3. The second-order valence-corrected chi connectivity index (χ2v) is 15.1. The van der Waals surface area contributed by atoms with E-state index in [0.29, 0.717) is 18.7 Å². The topological polar surface area (TPSA) is 156 Å². The summed E-state index contributed by atoms with van der Waals surface area (Å²) < 4.78 is 56.8. The number of thioether (sulfide) groups is 2. The summed E-state index contributed by atoms with van der Waals surface area (Å²) in [5, 5.41) is -0.0212. The zero-order chi connectivity index (χ0) is 31.8. The first-order valence-corrected chi connectivity index (χ1v) is 18.1. The van der Waals surface area contributed by atoms with Gasteiger partial charge >= 0.3 is 21.7 Å². The number of likely N-dealkylation sites (N-methyl/N-ethyl adjacent to an activating group) is 1. The van der Waals surface area contributed by atoms with Gasteiger partial charge in [0.25, 0.3) is 0 Å². The molecule has 0 aliphatic carbocycles. The number of carbonyl (C=O) groups is 3. The fourth-order valence-corrected chi connectivity index (χ4v) is 7.40. The van der Waals surface area contributed by atoms with Gasteiger partial charge in [-0.25, -0.2) is 13.9 Å². The van der Waals surface area contributed by atoms with E-state index < -0.39 is 27.3 Å². The lowest BCUT2D eigenvalue weighted by Crippen LogP contribution is -2.50. The molecule has 1 amide bonds. The first kappa shape index (κ1) is 39.3. The van der Waals surface area contributed by atoms with Crippen LogP contribution in [0.15, 0.2) is 12.7 Å².